The topological polar surface area (TPSA) is 48.8 Å². The molecule has 0 spiro atoms. The number of rotatable bonds is 1. The summed E-state index contributed by atoms with van der Waals surface area (Å²) in [6.07, 6.45) is 5.65. The van der Waals surface area contributed by atoms with Gasteiger partial charge >= 0.3 is 0 Å². The summed E-state index contributed by atoms with van der Waals surface area (Å²) in [7, 11) is 0. The molecule has 2 heterocycles. The molecule has 2 aliphatic rings. The molecule has 2 rings (SSSR count). The van der Waals surface area contributed by atoms with Gasteiger partial charge in [-0.1, -0.05) is 0 Å². The molecule has 5 heteroatoms. The van der Waals surface area contributed by atoms with Gasteiger partial charge in [0.1, 0.15) is 0 Å². The Morgan fingerprint density at radius 2 is 2.00 bits per heavy atom. The summed E-state index contributed by atoms with van der Waals surface area (Å²) in [5.41, 5.74) is 0. The van der Waals surface area contributed by atoms with E-state index in [0.29, 0.717) is 11.4 Å². The fourth-order valence-electron chi connectivity index (χ4n) is 1.27. The lowest BCUT2D eigenvalue weighted by molar-refractivity contribution is 0.487. The van der Waals surface area contributed by atoms with Crippen LogP contribution in [-0.2, 0) is 0 Å². The van der Waals surface area contributed by atoms with Crippen LogP contribution < -0.4 is 10.6 Å². The van der Waals surface area contributed by atoms with Crippen LogP contribution >= 0.6 is 11.8 Å². The molecule has 0 bridgehead atoms. The van der Waals surface area contributed by atoms with Crippen LogP contribution in [0.4, 0.5) is 0 Å². The van der Waals surface area contributed by atoms with E-state index in [1.54, 1.807) is 24.4 Å². The van der Waals surface area contributed by atoms with Gasteiger partial charge in [0, 0.05) is 0 Å². The lowest BCUT2D eigenvalue weighted by atomic mass is 10.2. The molecule has 3 unspecified atom stereocenters. The second kappa shape index (κ2) is 2.73. The van der Waals surface area contributed by atoms with E-state index >= 15 is 0 Å². The van der Waals surface area contributed by atoms with Gasteiger partial charge < -0.3 is 10.6 Å². The molecule has 3 atom stereocenters. The third-order valence-electron chi connectivity index (χ3n) is 1.86. The van der Waals surface area contributed by atoms with Crippen molar-refractivity contribution in [2.45, 2.75) is 17.6 Å². The van der Waals surface area contributed by atoms with Gasteiger partial charge in [-0.25, -0.2) is 9.98 Å². The fourth-order valence-corrected chi connectivity index (χ4v) is 1.98. The number of nitrogens with zero attached hydrogens (tertiary/aromatic N) is 2. The molecule has 0 fully saturated rings. The van der Waals surface area contributed by atoms with Crippen molar-refractivity contribution in [3.05, 3.63) is 0 Å². The molecule has 2 aliphatic heterocycles. The standard InChI is InChI=1S/C6H10N4S/c1-11-6-4-5(8-2-7-4)9-3-10-6/h2-6H,1H3,(H,7,8)(H,9,10). The minimum atomic E-state index is 0.0914. The predicted molar refractivity (Wildman–Crippen MR) is 48.1 cm³/mol. The highest BCUT2D eigenvalue weighted by atomic mass is 32.2. The average Bonchev–Trinajstić information content (AvgIpc) is 2.50. The molecule has 0 aliphatic carbocycles. The van der Waals surface area contributed by atoms with E-state index in [-0.39, 0.29) is 6.17 Å². The average molecular weight is 170 g/mol. The molecule has 11 heavy (non-hydrogen) atoms. The van der Waals surface area contributed by atoms with Crippen LogP contribution in [0.1, 0.15) is 0 Å². The minimum absolute atomic E-state index is 0.0914. The SMILES string of the molecule is CSC1NC=NC2N=CNC21. The maximum atomic E-state index is 4.18. The first-order valence-corrected chi connectivity index (χ1v) is 4.79. The lowest BCUT2D eigenvalue weighted by Crippen LogP contribution is -2.50. The number of fused-ring (bicyclic) bond motifs is 1. The van der Waals surface area contributed by atoms with E-state index in [1.807, 2.05) is 0 Å². The minimum Gasteiger partial charge on any atom is -0.367 e. The molecule has 0 saturated heterocycles. The summed E-state index contributed by atoms with van der Waals surface area (Å²) in [5.74, 6) is 0. The number of thioether (sulfide) groups is 1. The molecule has 0 radical (unpaired) electrons. The summed E-state index contributed by atoms with van der Waals surface area (Å²) in [6.45, 7) is 0. The number of aliphatic imine (C=N–C) groups is 2. The zero-order valence-electron chi connectivity index (χ0n) is 6.19. The van der Waals surface area contributed by atoms with Crippen molar-refractivity contribution < 1.29 is 0 Å². The van der Waals surface area contributed by atoms with Crippen molar-refractivity contribution in [1.82, 2.24) is 10.6 Å². The summed E-state index contributed by atoms with van der Waals surface area (Å²) >= 11 is 1.78. The fraction of sp³-hybridized carbons (Fsp3) is 0.667. The molecule has 0 aromatic rings. The van der Waals surface area contributed by atoms with E-state index in [0.717, 1.165) is 0 Å². The normalized spacial score (nSPS) is 39.5. The Hall–Kier alpha value is -0.710. The van der Waals surface area contributed by atoms with E-state index < -0.39 is 0 Å². The monoisotopic (exact) mass is 170 g/mol. The molecular weight excluding hydrogens is 160 g/mol. The van der Waals surface area contributed by atoms with E-state index in [1.165, 1.54) is 0 Å². The van der Waals surface area contributed by atoms with Crippen molar-refractivity contribution in [2.75, 3.05) is 6.26 Å². The maximum absolute atomic E-state index is 4.18. The van der Waals surface area contributed by atoms with Gasteiger partial charge in [-0.2, -0.15) is 0 Å². The zero-order valence-corrected chi connectivity index (χ0v) is 7.01. The van der Waals surface area contributed by atoms with Crippen LogP contribution in [0, 0.1) is 0 Å². The maximum Gasteiger partial charge on any atom is 0.165 e. The Balaban J connectivity index is 2.13. The second-order valence-corrected chi connectivity index (χ2v) is 3.46. The van der Waals surface area contributed by atoms with Gasteiger partial charge in [0.15, 0.2) is 6.17 Å². The molecule has 0 aromatic heterocycles. The van der Waals surface area contributed by atoms with E-state index in [9.17, 15) is 0 Å². The van der Waals surface area contributed by atoms with Gasteiger partial charge in [0.05, 0.1) is 24.1 Å². The van der Waals surface area contributed by atoms with Crippen LogP contribution in [0.5, 0.6) is 0 Å². The van der Waals surface area contributed by atoms with Gasteiger partial charge in [0.25, 0.3) is 0 Å². The highest BCUT2D eigenvalue weighted by molar-refractivity contribution is 7.99. The number of hydrogen-bond donors (Lipinski definition) is 2. The Morgan fingerprint density at radius 3 is 2.73 bits per heavy atom. The summed E-state index contributed by atoms with van der Waals surface area (Å²) in [4.78, 5) is 8.35. The predicted octanol–water partition coefficient (Wildman–Crippen LogP) is -0.367. The Morgan fingerprint density at radius 1 is 1.27 bits per heavy atom. The molecule has 60 valence electrons. The van der Waals surface area contributed by atoms with Gasteiger partial charge in [-0.15, -0.1) is 11.8 Å². The highest BCUT2D eigenvalue weighted by Crippen LogP contribution is 2.18. The van der Waals surface area contributed by atoms with Crippen molar-refractivity contribution >= 4 is 24.4 Å². The van der Waals surface area contributed by atoms with Gasteiger partial charge in [-0.05, 0) is 6.26 Å². The van der Waals surface area contributed by atoms with Gasteiger partial charge in [-0.3, -0.25) is 0 Å². The van der Waals surface area contributed by atoms with Gasteiger partial charge in [0.2, 0.25) is 0 Å². The second-order valence-electron chi connectivity index (χ2n) is 2.49. The Bertz CT molecular complexity index is 203. The smallest absolute Gasteiger partial charge is 0.165 e. The quantitative estimate of drug-likeness (QED) is 0.564. The molecule has 0 saturated carbocycles. The third kappa shape index (κ3) is 1.09. The third-order valence-corrected chi connectivity index (χ3v) is 2.80. The number of nitrogens with one attached hydrogen (secondary N) is 2. The van der Waals surface area contributed by atoms with Crippen molar-refractivity contribution in [3.63, 3.8) is 0 Å². The van der Waals surface area contributed by atoms with Crippen LogP contribution in [0.15, 0.2) is 9.98 Å². The van der Waals surface area contributed by atoms with Crippen molar-refractivity contribution in [1.29, 1.82) is 0 Å². The highest BCUT2D eigenvalue weighted by Gasteiger charge is 2.32. The van der Waals surface area contributed by atoms with E-state index in [2.05, 4.69) is 26.9 Å². The van der Waals surface area contributed by atoms with Crippen LogP contribution in [-0.4, -0.2) is 36.5 Å². The molecule has 0 aromatic carbocycles. The van der Waals surface area contributed by atoms with Crippen LogP contribution in [0.2, 0.25) is 0 Å². The molecule has 4 nitrogen and oxygen atoms in total. The van der Waals surface area contributed by atoms with E-state index in [4.69, 9.17) is 0 Å². The Labute approximate surface area is 69.6 Å². The van der Waals surface area contributed by atoms with Crippen molar-refractivity contribution in [2.24, 2.45) is 9.98 Å². The van der Waals surface area contributed by atoms with Crippen LogP contribution in [0.25, 0.3) is 0 Å². The first-order chi connectivity index (χ1) is 5.42. The molecular formula is C6H10N4S. The zero-order chi connectivity index (χ0) is 7.68. The summed E-state index contributed by atoms with van der Waals surface area (Å²) < 4.78 is 0. The number of hydrogen-bond acceptors (Lipinski definition) is 5. The largest absolute Gasteiger partial charge is 0.367 e. The lowest BCUT2D eigenvalue weighted by Gasteiger charge is -2.27. The first-order valence-electron chi connectivity index (χ1n) is 3.50. The first kappa shape index (κ1) is 6.97. The van der Waals surface area contributed by atoms with Crippen molar-refractivity contribution in [3.8, 4) is 0 Å². The molecule has 0 amide bonds. The summed E-state index contributed by atoms with van der Waals surface area (Å²) in [6, 6.07) is 0.329. The summed E-state index contributed by atoms with van der Waals surface area (Å²) in [5, 5.41) is 6.73. The molecule has 2 N–H and O–H groups in total. The van der Waals surface area contributed by atoms with Crippen LogP contribution in [0.3, 0.4) is 0 Å². The Kier molecular flexibility index (Phi) is 1.73.